The normalized spacial score (nSPS) is 10.4. The molecular weight excluding hydrogens is 218 g/mol. The zero-order chi connectivity index (χ0) is 11.4. The van der Waals surface area contributed by atoms with Crippen LogP contribution in [0.25, 0.3) is 0 Å². The monoisotopic (exact) mass is 229 g/mol. The standard InChI is InChI=1S/C9H12ClN3O2/c1-5(2)6-3-7(14)12-9(11-6)13-8(15)4-10/h3,5H,4H2,1-2H3,(H2,11,12,13,14,15). The molecule has 0 fully saturated rings. The van der Waals surface area contributed by atoms with E-state index in [2.05, 4.69) is 15.3 Å². The molecule has 0 aromatic carbocycles. The predicted molar refractivity (Wildman–Crippen MR) is 58.3 cm³/mol. The fourth-order valence-electron chi connectivity index (χ4n) is 0.997. The molecule has 1 amide bonds. The fourth-order valence-corrected chi connectivity index (χ4v) is 1.06. The smallest absolute Gasteiger partial charge is 0.252 e. The Labute approximate surface area is 91.9 Å². The molecule has 0 atom stereocenters. The highest BCUT2D eigenvalue weighted by molar-refractivity contribution is 6.28. The van der Waals surface area contributed by atoms with Gasteiger partial charge in [-0.05, 0) is 5.92 Å². The minimum Gasteiger partial charge on any atom is -0.295 e. The molecule has 1 rings (SSSR count). The second-order valence-electron chi connectivity index (χ2n) is 3.36. The Morgan fingerprint density at radius 2 is 2.33 bits per heavy atom. The summed E-state index contributed by atoms with van der Waals surface area (Å²) in [6.07, 6.45) is 0. The number of carbonyl (C=O) groups excluding carboxylic acids is 1. The number of aromatic nitrogens is 2. The minimum atomic E-state index is -0.402. The first-order chi connectivity index (χ1) is 7.02. The number of aromatic amines is 1. The van der Waals surface area contributed by atoms with Crippen LogP contribution in [0.5, 0.6) is 0 Å². The van der Waals surface area contributed by atoms with Crippen LogP contribution in [0.1, 0.15) is 25.5 Å². The van der Waals surface area contributed by atoms with Gasteiger partial charge in [0.1, 0.15) is 5.88 Å². The van der Waals surface area contributed by atoms with E-state index in [9.17, 15) is 9.59 Å². The lowest BCUT2D eigenvalue weighted by Crippen LogP contribution is -2.19. The van der Waals surface area contributed by atoms with E-state index in [1.807, 2.05) is 13.8 Å². The van der Waals surface area contributed by atoms with Crippen LogP contribution in [-0.2, 0) is 4.79 Å². The minimum absolute atomic E-state index is 0.124. The highest BCUT2D eigenvalue weighted by Crippen LogP contribution is 2.09. The van der Waals surface area contributed by atoms with Gasteiger partial charge in [-0.3, -0.25) is 19.9 Å². The van der Waals surface area contributed by atoms with Gasteiger partial charge in [-0.25, -0.2) is 4.98 Å². The second-order valence-corrected chi connectivity index (χ2v) is 3.62. The summed E-state index contributed by atoms with van der Waals surface area (Å²) in [5, 5.41) is 2.39. The van der Waals surface area contributed by atoms with Crippen molar-refractivity contribution in [3.8, 4) is 0 Å². The number of rotatable bonds is 3. The summed E-state index contributed by atoms with van der Waals surface area (Å²) in [5.41, 5.74) is 0.335. The van der Waals surface area contributed by atoms with Crippen LogP contribution in [0.3, 0.4) is 0 Å². The van der Waals surface area contributed by atoms with Crippen LogP contribution in [-0.4, -0.2) is 21.8 Å². The van der Waals surface area contributed by atoms with Crippen molar-refractivity contribution in [2.45, 2.75) is 19.8 Å². The number of carbonyl (C=O) groups is 1. The molecule has 5 nitrogen and oxygen atoms in total. The van der Waals surface area contributed by atoms with Crippen LogP contribution < -0.4 is 10.9 Å². The summed E-state index contributed by atoms with van der Waals surface area (Å²) < 4.78 is 0. The average molecular weight is 230 g/mol. The summed E-state index contributed by atoms with van der Waals surface area (Å²) in [5.74, 6) is -0.313. The second kappa shape index (κ2) is 4.93. The third-order valence-corrected chi connectivity index (χ3v) is 1.97. The molecule has 0 aliphatic heterocycles. The molecule has 0 radical (unpaired) electrons. The zero-order valence-corrected chi connectivity index (χ0v) is 9.26. The first kappa shape index (κ1) is 11.7. The molecule has 1 heterocycles. The summed E-state index contributed by atoms with van der Waals surface area (Å²) in [6.45, 7) is 3.82. The topological polar surface area (TPSA) is 74.8 Å². The first-order valence-corrected chi connectivity index (χ1v) is 5.03. The third kappa shape index (κ3) is 3.36. The highest BCUT2D eigenvalue weighted by Gasteiger charge is 2.07. The van der Waals surface area contributed by atoms with Gasteiger partial charge in [-0.1, -0.05) is 13.8 Å². The van der Waals surface area contributed by atoms with Crippen molar-refractivity contribution >= 4 is 23.5 Å². The molecule has 15 heavy (non-hydrogen) atoms. The van der Waals surface area contributed by atoms with Crippen molar-refractivity contribution in [3.05, 3.63) is 22.1 Å². The number of hydrogen-bond donors (Lipinski definition) is 2. The van der Waals surface area contributed by atoms with E-state index in [1.165, 1.54) is 6.07 Å². The molecule has 2 N–H and O–H groups in total. The number of H-pyrrole nitrogens is 1. The van der Waals surface area contributed by atoms with Gasteiger partial charge in [-0.15, -0.1) is 11.6 Å². The van der Waals surface area contributed by atoms with E-state index in [1.54, 1.807) is 0 Å². The predicted octanol–water partition coefficient (Wildman–Crippen LogP) is 1.07. The molecule has 1 aromatic heterocycles. The molecule has 0 aliphatic carbocycles. The van der Waals surface area contributed by atoms with Gasteiger partial charge in [0.2, 0.25) is 11.9 Å². The Morgan fingerprint density at radius 1 is 1.67 bits per heavy atom. The zero-order valence-electron chi connectivity index (χ0n) is 8.50. The van der Waals surface area contributed by atoms with Gasteiger partial charge in [0.25, 0.3) is 5.56 Å². The molecule has 0 spiro atoms. The maximum atomic E-state index is 11.2. The lowest BCUT2D eigenvalue weighted by atomic mass is 10.1. The van der Waals surface area contributed by atoms with Crippen molar-refractivity contribution in [1.29, 1.82) is 0 Å². The van der Waals surface area contributed by atoms with Gasteiger partial charge < -0.3 is 0 Å². The summed E-state index contributed by atoms with van der Waals surface area (Å²) in [6, 6.07) is 1.40. The van der Waals surface area contributed by atoms with Crippen molar-refractivity contribution in [2.24, 2.45) is 0 Å². The van der Waals surface area contributed by atoms with Crippen LogP contribution in [0.2, 0.25) is 0 Å². The van der Waals surface area contributed by atoms with Gasteiger partial charge in [0.05, 0.1) is 5.69 Å². The molecular formula is C9H12ClN3O2. The first-order valence-electron chi connectivity index (χ1n) is 4.50. The molecule has 0 saturated carbocycles. The van der Waals surface area contributed by atoms with E-state index in [0.717, 1.165) is 0 Å². The quantitative estimate of drug-likeness (QED) is 0.762. The van der Waals surface area contributed by atoms with Crippen LogP contribution >= 0.6 is 11.6 Å². The molecule has 82 valence electrons. The SMILES string of the molecule is CC(C)c1cc(=O)[nH]c(NC(=O)CCl)n1. The largest absolute Gasteiger partial charge is 0.295 e. The Hall–Kier alpha value is -1.36. The average Bonchev–Trinajstić information content (AvgIpc) is 2.16. The maximum absolute atomic E-state index is 11.2. The van der Waals surface area contributed by atoms with Gasteiger partial charge >= 0.3 is 0 Å². The van der Waals surface area contributed by atoms with Gasteiger partial charge in [0.15, 0.2) is 0 Å². The number of alkyl halides is 1. The molecule has 0 saturated heterocycles. The third-order valence-electron chi connectivity index (χ3n) is 1.73. The fraction of sp³-hybridized carbons (Fsp3) is 0.444. The number of amides is 1. The Balaban J connectivity index is 2.99. The van der Waals surface area contributed by atoms with Crippen LogP contribution in [0, 0.1) is 0 Å². The summed E-state index contributed by atoms with van der Waals surface area (Å²) >= 11 is 5.31. The van der Waals surface area contributed by atoms with E-state index >= 15 is 0 Å². The summed E-state index contributed by atoms with van der Waals surface area (Å²) in [4.78, 5) is 28.7. The van der Waals surface area contributed by atoms with Gasteiger partial charge in [0, 0.05) is 6.07 Å². The Kier molecular flexibility index (Phi) is 3.85. The van der Waals surface area contributed by atoms with Crippen molar-refractivity contribution < 1.29 is 4.79 Å². The molecule has 6 heteroatoms. The molecule has 1 aromatic rings. The Bertz CT molecular complexity index is 414. The summed E-state index contributed by atoms with van der Waals surface area (Å²) in [7, 11) is 0. The highest BCUT2D eigenvalue weighted by atomic mass is 35.5. The maximum Gasteiger partial charge on any atom is 0.252 e. The number of nitrogens with one attached hydrogen (secondary N) is 2. The van der Waals surface area contributed by atoms with E-state index < -0.39 is 5.91 Å². The van der Waals surface area contributed by atoms with E-state index in [4.69, 9.17) is 11.6 Å². The van der Waals surface area contributed by atoms with Crippen molar-refractivity contribution in [2.75, 3.05) is 11.2 Å². The molecule has 0 unspecified atom stereocenters. The number of halogens is 1. The molecule has 0 aliphatic rings. The van der Waals surface area contributed by atoms with E-state index in [0.29, 0.717) is 5.69 Å². The number of anilines is 1. The molecule has 0 bridgehead atoms. The number of nitrogens with zero attached hydrogens (tertiary/aromatic N) is 1. The van der Waals surface area contributed by atoms with E-state index in [-0.39, 0.29) is 23.3 Å². The van der Waals surface area contributed by atoms with Crippen LogP contribution in [0.15, 0.2) is 10.9 Å². The lowest BCUT2D eigenvalue weighted by Gasteiger charge is -2.06. The van der Waals surface area contributed by atoms with Crippen molar-refractivity contribution in [3.63, 3.8) is 0 Å². The van der Waals surface area contributed by atoms with Crippen molar-refractivity contribution in [1.82, 2.24) is 9.97 Å². The number of hydrogen-bond acceptors (Lipinski definition) is 3. The van der Waals surface area contributed by atoms with Crippen LogP contribution in [0.4, 0.5) is 5.95 Å². The Morgan fingerprint density at radius 3 is 2.87 bits per heavy atom. The van der Waals surface area contributed by atoms with Gasteiger partial charge in [-0.2, -0.15) is 0 Å². The lowest BCUT2D eigenvalue weighted by molar-refractivity contribution is -0.114.